The van der Waals surface area contributed by atoms with E-state index in [0.717, 1.165) is 33.6 Å². The number of hydrogen-bond donors (Lipinski definition) is 0. The van der Waals surface area contributed by atoms with Crippen LogP contribution in [-0.4, -0.2) is 17.6 Å². The molecule has 0 bridgehead atoms. The lowest BCUT2D eigenvalue weighted by molar-refractivity contribution is -0.123. The standard InChI is InChI=1S/C25H22N2O2S/c1-17-12-13-20(14-18(17)2)27-23(28)16-30-25(27)21-10-6-7-11-22(21)26(24(25)29)15-19-8-4-3-5-9-19/h3-14H,15-16H2,1-2H3/t25-/m0/s1. The Bertz CT molecular complexity index is 1160. The number of thioether (sulfide) groups is 1. The van der Waals surface area contributed by atoms with Gasteiger partial charge in [0, 0.05) is 11.3 Å². The molecule has 0 radical (unpaired) electrons. The van der Waals surface area contributed by atoms with Crippen LogP contribution in [0.2, 0.25) is 0 Å². The van der Waals surface area contributed by atoms with Gasteiger partial charge in [0.1, 0.15) is 0 Å². The number of anilines is 2. The summed E-state index contributed by atoms with van der Waals surface area (Å²) in [6.07, 6.45) is 0. The molecule has 1 spiro atoms. The highest BCUT2D eigenvalue weighted by atomic mass is 32.2. The van der Waals surface area contributed by atoms with E-state index in [0.29, 0.717) is 6.54 Å². The molecule has 0 aliphatic carbocycles. The molecule has 3 aromatic rings. The summed E-state index contributed by atoms with van der Waals surface area (Å²) in [5.41, 5.74) is 5.87. The van der Waals surface area contributed by atoms with Crippen LogP contribution < -0.4 is 9.80 Å². The Labute approximate surface area is 180 Å². The van der Waals surface area contributed by atoms with Crippen molar-refractivity contribution in [2.45, 2.75) is 25.3 Å². The molecule has 5 heteroatoms. The van der Waals surface area contributed by atoms with Crippen LogP contribution in [0.3, 0.4) is 0 Å². The summed E-state index contributed by atoms with van der Waals surface area (Å²) < 4.78 is 0. The second-order valence-electron chi connectivity index (χ2n) is 7.82. The summed E-state index contributed by atoms with van der Waals surface area (Å²) >= 11 is 1.42. The Hall–Kier alpha value is -3.05. The molecule has 1 saturated heterocycles. The number of nitrogens with zero attached hydrogens (tertiary/aromatic N) is 2. The zero-order chi connectivity index (χ0) is 20.9. The molecule has 5 rings (SSSR count). The number of aryl methyl sites for hydroxylation is 2. The van der Waals surface area contributed by atoms with E-state index < -0.39 is 4.87 Å². The summed E-state index contributed by atoms with van der Waals surface area (Å²) in [5.74, 6) is 0.196. The molecule has 0 N–H and O–H groups in total. The minimum Gasteiger partial charge on any atom is -0.304 e. The molecule has 30 heavy (non-hydrogen) atoms. The summed E-state index contributed by atoms with van der Waals surface area (Å²) in [7, 11) is 0. The first-order valence-electron chi connectivity index (χ1n) is 10.0. The van der Waals surface area contributed by atoms with Gasteiger partial charge in [-0.2, -0.15) is 0 Å². The lowest BCUT2D eigenvalue weighted by Crippen LogP contribution is -2.49. The lowest BCUT2D eigenvalue weighted by atomic mass is 10.0. The van der Waals surface area contributed by atoms with Crippen LogP contribution in [-0.2, 0) is 21.0 Å². The minimum absolute atomic E-state index is 0.0343. The molecule has 150 valence electrons. The van der Waals surface area contributed by atoms with Crippen molar-refractivity contribution in [2.24, 2.45) is 0 Å². The molecule has 1 fully saturated rings. The van der Waals surface area contributed by atoms with Crippen LogP contribution >= 0.6 is 11.8 Å². The van der Waals surface area contributed by atoms with Crippen LogP contribution in [0.1, 0.15) is 22.3 Å². The number of carbonyl (C=O) groups is 2. The molecule has 1 atom stereocenters. The molecule has 2 heterocycles. The Morgan fingerprint density at radius 1 is 0.900 bits per heavy atom. The van der Waals surface area contributed by atoms with Crippen LogP contribution in [0.5, 0.6) is 0 Å². The van der Waals surface area contributed by atoms with Gasteiger partial charge >= 0.3 is 0 Å². The monoisotopic (exact) mass is 414 g/mol. The average Bonchev–Trinajstić information content (AvgIpc) is 3.22. The molecule has 2 aliphatic heterocycles. The van der Waals surface area contributed by atoms with E-state index in [1.165, 1.54) is 11.8 Å². The van der Waals surface area contributed by atoms with Gasteiger partial charge in [-0.3, -0.25) is 14.5 Å². The van der Waals surface area contributed by atoms with Crippen LogP contribution in [0, 0.1) is 13.8 Å². The van der Waals surface area contributed by atoms with Crippen LogP contribution in [0.4, 0.5) is 11.4 Å². The zero-order valence-electron chi connectivity index (χ0n) is 17.0. The highest BCUT2D eigenvalue weighted by Gasteiger charge is 2.60. The number of hydrogen-bond acceptors (Lipinski definition) is 3. The van der Waals surface area contributed by atoms with Gasteiger partial charge in [-0.15, -0.1) is 11.8 Å². The Morgan fingerprint density at radius 2 is 1.63 bits per heavy atom. The third-order valence-corrected chi connectivity index (χ3v) is 7.38. The van der Waals surface area contributed by atoms with Gasteiger partial charge < -0.3 is 4.90 Å². The van der Waals surface area contributed by atoms with E-state index in [1.54, 1.807) is 4.90 Å². The first-order valence-corrected chi connectivity index (χ1v) is 11.0. The maximum atomic E-state index is 14.0. The van der Waals surface area contributed by atoms with Gasteiger partial charge in [-0.25, -0.2) is 0 Å². The fourth-order valence-corrected chi connectivity index (χ4v) is 5.70. The van der Waals surface area contributed by atoms with E-state index in [-0.39, 0.29) is 17.6 Å². The largest absolute Gasteiger partial charge is 0.304 e. The molecule has 0 unspecified atom stereocenters. The molecular formula is C25H22N2O2S. The van der Waals surface area contributed by atoms with Crippen molar-refractivity contribution in [1.82, 2.24) is 0 Å². The van der Waals surface area contributed by atoms with Crippen LogP contribution in [0.25, 0.3) is 0 Å². The fraction of sp³-hybridized carbons (Fsp3) is 0.200. The van der Waals surface area contributed by atoms with Crippen molar-refractivity contribution in [2.75, 3.05) is 15.6 Å². The molecule has 3 aromatic carbocycles. The van der Waals surface area contributed by atoms with Crippen molar-refractivity contribution >= 4 is 35.0 Å². The van der Waals surface area contributed by atoms with Crippen molar-refractivity contribution in [3.63, 3.8) is 0 Å². The van der Waals surface area contributed by atoms with Gasteiger partial charge in [0.25, 0.3) is 5.91 Å². The number of rotatable bonds is 3. The maximum absolute atomic E-state index is 14.0. The highest BCUT2D eigenvalue weighted by molar-refractivity contribution is 8.02. The number of benzene rings is 3. The van der Waals surface area contributed by atoms with Gasteiger partial charge in [0.05, 0.1) is 18.0 Å². The van der Waals surface area contributed by atoms with E-state index in [2.05, 4.69) is 0 Å². The Kier molecular flexibility index (Phi) is 4.44. The average molecular weight is 415 g/mol. The van der Waals surface area contributed by atoms with E-state index in [1.807, 2.05) is 91.5 Å². The third kappa shape index (κ3) is 2.69. The van der Waals surface area contributed by atoms with E-state index in [9.17, 15) is 9.59 Å². The molecule has 0 aromatic heterocycles. The number of carbonyl (C=O) groups excluding carboxylic acids is 2. The molecular weight excluding hydrogens is 392 g/mol. The number of amides is 2. The first kappa shape index (κ1) is 18.9. The number of fused-ring (bicyclic) bond motifs is 2. The summed E-state index contributed by atoms with van der Waals surface area (Å²) in [4.78, 5) is 29.6. The first-order chi connectivity index (χ1) is 14.5. The lowest BCUT2D eigenvalue weighted by Gasteiger charge is -2.33. The topological polar surface area (TPSA) is 40.6 Å². The fourth-order valence-electron chi connectivity index (χ4n) is 4.34. The second-order valence-corrected chi connectivity index (χ2v) is 8.99. The third-order valence-electron chi connectivity index (χ3n) is 6.00. The SMILES string of the molecule is Cc1ccc(N2C(=O)CS[C@@]23C(=O)N(Cc2ccccc2)c2ccccc23)cc1C. The zero-order valence-corrected chi connectivity index (χ0v) is 17.8. The second kappa shape index (κ2) is 7.03. The van der Waals surface area contributed by atoms with Gasteiger partial charge in [0.15, 0.2) is 0 Å². The molecule has 4 nitrogen and oxygen atoms in total. The number of para-hydroxylation sites is 1. The van der Waals surface area contributed by atoms with Crippen molar-refractivity contribution in [3.05, 3.63) is 95.1 Å². The summed E-state index contributed by atoms with van der Waals surface area (Å²) in [6.45, 7) is 4.56. The molecule has 0 saturated carbocycles. The van der Waals surface area contributed by atoms with Crippen molar-refractivity contribution in [3.8, 4) is 0 Å². The van der Waals surface area contributed by atoms with Crippen LogP contribution in [0.15, 0.2) is 72.8 Å². The summed E-state index contributed by atoms with van der Waals surface area (Å²) in [6, 6.07) is 23.8. The van der Waals surface area contributed by atoms with Gasteiger partial charge in [-0.1, -0.05) is 54.6 Å². The Morgan fingerprint density at radius 3 is 2.40 bits per heavy atom. The van der Waals surface area contributed by atoms with E-state index in [4.69, 9.17) is 0 Å². The predicted octanol–water partition coefficient (Wildman–Crippen LogP) is 4.78. The Balaban J connectivity index is 1.66. The summed E-state index contributed by atoms with van der Waals surface area (Å²) in [5, 5.41) is 0. The van der Waals surface area contributed by atoms with Gasteiger partial charge in [-0.05, 0) is 48.7 Å². The van der Waals surface area contributed by atoms with Crippen molar-refractivity contribution < 1.29 is 9.59 Å². The highest BCUT2D eigenvalue weighted by Crippen LogP contribution is 2.56. The smallest absolute Gasteiger partial charge is 0.269 e. The van der Waals surface area contributed by atoms with Gasteiger partial charge in [0.2, 0.25) is 10.8 Å². The maximum Gasteiger partial charge on any atom is 0.269 e. The quantitative estimate of drug-likeness (QED) is 0.619. The molecule has 2 aliphatic rings. The van der Waals surface area contributed by atoms with Crippen molar-refractivity contribution in [1.29, 1.82) is 0 Å². The molecule has 2 amide bonds. The predicted molar refractivity (Wildman–Crippen MR) is 122 cm³/mol. The normalized spacial score (nSPS) is 20.3. The minimum atomic E-state index is -1.05. The van der Waals surface area contributed by atoms with E-state index >= 15 is 0 Å².